The molecule has 1 aliphatic heterocycles. The summed E-state index contributed by atoms with van der Waals surface area (Å²) < 4.78 is 46.2. The number of fused-ring (bicyclic) bond motifs is 1. The number of hydrogen-bond donors (Lipinski definition) is 0. The lowest BCUT2D eigenvalue weighted by atomic mass is 10.2. The first-order valence-corrected chi connectivity index (χ1v) is 9.19. The molecule has 1 aliphatic rings. The number of hydrogen-bond acceptors (Lipinski definition) is 3. The molecule has 0 aromatic heterocycles. The number of benzene rings is 2. The predicted molar refractivity (Wildman–Crippen MR) is 88.3 cm³/mol. The lowest BCUT2D eigenvalue weighted by Gasteiger charge is -2.35. The van der Waals surface area contributed by atoms with E-state index < -0.39 is 21.3 Å². The first kappa shape index (κ1) is 16.1. The van der Waals surface area contributed by atoms with Crippen molar-refractivity contribution in [3.05, 3.63) is 54.3 Å². The van der Waals surface area contributed by atoms with Crippen molar-refractivity contribution in [2.24, 2.45) is 0 Å². The molecular formula is C16H15ClFNO3S. The fraction of sp³-hybridized carbons (Fsp3) is 0.250. The zero-order valence-electron chi connectivity index (χ0n) is 12.2. The van der Waals surface area contributed by atoms with Crippen LogP contribution in [0, 0.1) is 5.82 Å². The van der Waals surface area contributed by atoms with Crippen LogP contribution in [0.15, 0.2) is 48.5 Å². The monoisotopic (exact) mass is 355 g/mol. The molecule has 2 aromatic rings. The Labute approximate surface area is 139 Å². The number of alkyl halides is 1. The Hall–Kier alpha value is -1.79. The molecule has 2 aromatic carbocycles. The van der Waals surface area contributed by atoms with Crippen molar-refractivity contribution in [1.82, 2.24) is 0 Å². The summed E-state index contributed by atoms with van der Waals surface area (Å²) in [5.41, 5.74) is -0.296. The van der Waals surface area contributed by atoms with Gasteiger partial charge in [-0.15, -0.1) is 11.6 Å². The van der Waals surface area contributed by atoms with Crippen molar-refractivity contribution >= 4 is 33.0 Å². The minimum Gasteiger partial charge on any atom is -0.470 e. The largest absolute Gasteiger partial charge is 0.470 e. The molecule has 7 heteroatoms. The summed E-state index contributed by atoms with van der Waals surface area (Å²) in [6.45, 7) is 0. The van der Waals surface area contributed by atoms with E-state index in [1.165, 1.54) is 22.5 Å². The maximum absolute atomic E-state index is 13.5. The van der Waals surface area contributed by atoms with E-state index in [1.807, 2.05) is 0 Å². The topological polar surface area (TPSA) is 46.6 Å². The normalized spacial score (nSPS) is 19.0. The van der Waals surface area contributed by atoms with Crippen LogP contribution < -0.4 is 9.04 Å². The molecule has 1 heterocycles. The lowest BCUT2D eigenvalue weighted by Crippen LogP contribution is -2.43. The van der Waals surface area contributed by atoms with E-state index >= 15 is 0 Å². The Morgan fingerprint density at radius 2 is 1.91 bits per heavy atom. The molecule has 0 fully saturated rings. The van der Waals surface area contributed by atoms with Gasteiger partial charge < -0.3 is 4.74 Å². The van der Waals surface area contributed by atoms with Gasteiger partial charge in [-0.25, -0.2) is 17.1 Å². The second-order valence-corrected chi connectivity index (χ2v) is 7.43. The third kappa shape index (κ3) is 3.01. The van der Waals surface area contributed by atoms with Crippen molar-refractivity contribution in [1.29, 1.82) is 0 Å². The van der Waals surface area contributed by atoms with Crippen LogP contribution in [0.4, 0.5) is 15.8 Å². The molecule has 0 saturated heterocycles. The smallest absolute Gasteiger partial charge is 0.277 e. The number of ether oxygens (including phenoxy) is 1. The number of rotatable bonds is 4. The molecule has 23 heavy (non-hydrogen) atoms. The van der Waals surface area contributed by atoms with Gasteiger partial charge in [-0.3, -0.25) is 0 Å². The van der Waals surface area contributed by atoms with Crippen LogP contribution >= 0.6 is 11.6 Å². The summed E-state index contributed by atoms with van der Waals surface area (Å²) in [6.07, 6.45) is 0.726. The van der Waals surface area contributed by atoms with Crippen molar-refractivity contribution in [2.75, 3.05) is 10.2 Å². The number of sulfonamides is 1. The first-order valence-electron chi connectivity index (χ1n) is 7.15. The molecule has 3 rings (SSSR count). The molecule has 0 spiro atoms. The minimum absolute atomic E-state index is 0.211. The third-order valence-electron chi connectivity index (χ3n) is 3.55. The van der Waals surface area contributed by atoms with E-state index in [9.17, 15) is 12.8 Å². The van der Waals surface area contributed by atoms with Gasteiger partial charge in [0.25, 0.3) is 10.0 Å². The van der Waals surface area contributed by atoms with Crippen LogP contribution in [0.5, 0.6) is 5.75 Å². The SMILES string of the molecule is O=S1(=O)C(CCCCl)Oc2cc(F)ccc2N1c1ccccc1. The lowest BCUT2D eigenvalue weighted by molar-refractivity contribution is 0.256. The Morgan fingerprint density at radius 1 is 1.17 bits per heavy atom. The molecule has 1 atom stereocenters. The molecule has 0 aliphatic carbocycles. The average Bonchev–Trinajstić information content (AvgIpc) is 2.53. The summed E-state index contributed by atoms with van der Waals surface area (Å²) >= 11 is 5.67. The van der Waals surface area contributed by atoms with Gasteiger partial charge in [0.1, 0.15) is 11.6 Å². The second kappa shape index (κ2) is 6.37. The van der Waals surface area contributed by atoms with Crippen LogP contribution in [0.1, 0.15) is 12.8 Å². The Balaban J connectivity index is 2.14. The van der Waals surface area contributed by atoms with Gasteiger partial charge in [-0.05, 0) is 30.7 Å². The average molecular weight is 356 g/mol. The van der Waals surface area contributed by atoms with Gasteiger partial charge in [-0.2, -0.15) is 0 Å². The van der Waals surface area contributed by atoms with Crippen molar-refractivity contribution in [3.63, 3.8) is 0 Å². The van der Waals surface area contributed by atoms with Crippen LogP contribution in [-0.2, 0) is 10.0 Å². The minimum atomic E-state index is -3.79. The summed E-state index contributed by atoms with van der Waals surface area (Å²) in [7, 11) is -3.79. The predicted octanol–water partition coefficient (Wildman–Crippen LogP) is 4.03. The summed E-state index contributed by atoms with van der Waals surface area (Å²) in [6, 6.07) is 12.5. The number of anilines is 2. The summed E-state index contributed by atoms with van der Waals surface area (Å²) in [5, 5.41) is 0. The van der Waals surface area contributed by atoms with E-state index in [4.69, 9.17) is 16.3 Å². The molecular weight excluding hydrogens is 341 g/mol. The fourth-order valence-electron chi connectivity index (χ4n) is 2.51. The third-order valence-corrected chi connectivity index (χ3v) is 5.73. The molecule has 1 unspecified atom stereocenters. The highest BCUT2D eigenvalue weighted by molar-refractivity contribution is 7.93. The molecule has 0 N–H and O–H groups in total. The molecule has 0 bridgehead atoms. The van der Waals surface area contributed by atoms with E-state index in [0.29, 0.717) is 23.7 Å². The summed E-state index contributed by atoms with van der Waals surface area (Å²) in [4.78, 5) is 0. The van der Waals surface area contributed by atoms with Crippen molar-refractivity contribution in [3.8, 4) is 5.75 Å². The highest BCUT2D eigenvalue weighted by Crippen LogP contribution is 2.43. The van der Waals surface area contributed by atoms with Crippen LogP contribution in [0.2, 0.25) is 0 Å². The first-order chi connectivity index (χ1) is 11.0. The van der Waals surface area contributed by atoms with E-state index in [-0.39, 0.29) is 12.2 Å². The zero-order chi connectivity index (χ0) is 16.4. The van der Waals surface area contributed by atoms with Crippen LogP contribution in [0.25, 0.3) is 0 Å². The van der Waals surface area contributed by atoms with Gasteiger partial charge in [0.2, 0.25) is 5.44 Å². The number of para-hydroxylation sites is 1. The van der Waals surface area contributed by atoms with Gasteiger partial charge in [0, 0.05) is 18.4 Å². The maximum atomic E-state index is 13.5. The van der Waals surface area contributed by atoms with Gasteiger partial charge in [0.05, 0.1) is 11.4 Å². The molecule has 4 nitrogen and oxygen atoms in total. The molecule has 0 radical (unpaired) electrons. The summed E-state index contributed by atoms with van der Waals surface area (Å²) in [5.74, 6) is 0.0619. The Kier molecular flexibility index (Phi) is 4.46. The van der Waals surface area contributed by atoms with Crippen molar-refractivity contribution < 1.29 is 17.5 Å². The van der Waals surface area contributed by atoms with E-state index in [0.717, 1.165) is 0 Å². The number of halogens is 2. The quantitative estimate of drug-likeness (QED) is 0.778. The van der Waals surface area contributed by atoms with Crippen LogP contribution in [0.3, 0.4) is 0 Å². The number of nitrogens with zero attached hydrogens (tertiary/aromatic N) is 1. The maximum Gasteiger partial charge on any atom is 0.277 e. The fourth-order valence-corrected chi connectivity index (χ4v) is 4.43. The van der Waals surface area contributed by atoms with E-state index in [2.05, 4.69) is 0 Å². The Bertz CT molecular complexity index is 798. The Morgan fingerprint density at radius 3 is 2.61 bits per heavy atom. The molecule has 0 saturated carbocycles. The highest BCUT2D eigenvalue weighted by Gasteiger charge is 2.40. The van der Waals surface area contributed by atoms with Gasteiger partial charge in [-0.1, -0.05) is 18.2 Å². The van der Waals surface area contributed by atoms with Crippen LogP contribution in [-0.4, -0.2) is 19.7 Å². The van der Waals surface area contributed by atoms with Gasteiger partial charge in [0.15, 0.2) is 0 Å². The molecule has 122 valence electrons. The van der Waals surface area contributed by atoms with Crippen molar-refractivity contribution in [2.45, 2.75) is 18.3 Å². The van der Waals surface area contributed by atoms with Gasteiger partial charge >= 0.3 is 0 Å². The standard InChI is InChI=1S/C16H15ClFNO3S/c17-10-4-7-16-22-15-11-12(18)8-9-14(15)19(23(16,20)21)13-5-2-1-3-6-13/h1-3,5-6,8-9,11,16H,4,7,10H2. The van der Waals surface area contributed by atoms with E-state index in [1.54, 1.807) is 30.3 Å². The molecule has 0 amide bonds. The second-order valence-electron chi connectivity index (χ2n) is 5.14. The zero-order valence-corrected chi connectivity index (χ0v) is 13.7. The highest BCUT2D eigenvalue weighted by atomic mass is 35.5.